The van der Waals surface area contributed by atoms with Gasteiger partial charge >= 0.3 is 0 Å². The molecule has 94 valence electrons. The molecule has 0 saturated carbocycles. The Labute approximate surface area is 111 Å². The van der Waals surface area contributed by atoms with Crippen molar-refractivity contribution < 1.29 is 4.84 Å². The molecule has 1 aromatic carbocycles. The van der Waals surface area contributed by atoms with Crippen molar-refractivity contribution in [3.63, 3.8) is 0 Å². The van der Waals surface area contributed by atoms with Crippen molar-refractivity contribution in [2.45, 2.75) is 25.9 Å². The van der Waals surface area contributed by atoms with Gasteiger partial charge in [0.25, 0.3) is 0 Å². The fourth-order valence-corrected chi connectivity index (χ4v) is 2.72. The van der Waals surface area contributed by atoms with E-state index in [1.807, 2.05) is 0 Å². The van der Waals surface area contributed by atoms with Gasteiger partial charge in [0, 0.05) is 17.6 Å². The van der Waals surface area contributed by atoms with E-state index in [1.165, 1.54) is 41.5 Å². The highest BCUT2D eigenvalue weighted by atomic mass is 79.9. The van der Waals surface area contributed by atoms with Gasteiger partial charge in [0.15, 0.2) is 0 Å². The van der Waals surface area contributed by atoms with Crippen molar-refractivity contribution >= 4 is 15.9 Å². The topological polar surface area (TPSA) is 24.5 Å². The van der Waals surface area contributed by atoms with E-state index < -0.39 is 0 Å². The van der Waals surface area contributed by atoms with Crippen LogP contribution in [0.2, 0.25) is 0 Å². The van der Waals surface area contributed by atoms with E-state index in [1.54, 1.807) is 7.11 Å². The molecule has 17 heavy (non-hydrogen) atoms. The third-order valence-electron chi connectivity index (χ3n) is 3.13. The largest absolute Gasteiger partial charge is 0.305 e. The van der Waals surface area contributed by atoms with Crippen molar-refractivity contribution in [1.29, 1.82) is 0 Å². The highest BCUT2D eigenvalue weighted by Gasteiger charge is 2.13. The summed E-state index contributed by atoms with van der Waals surface area (Å²) in [6.45, 7) is 4.26. The smallest absolute Gasteiger partial charge is 0.0572 e. The molecule has 0 bridgehead atoms. The normalized spacial score (nSPS) is 16.6. The lowest BCUT2D eigenvalue weighted by atomic mass is 10.1. The maximum Gasteiger partial charge on any atom is 0.0572 e. The molecule has 3 nitrogen and oxygen atoms in total. The fourth-order valence-electron chi connectivity index (χ4n) is 2.17. The van der Waals surface area contributed by atoms with Gasteiger partial charge in [-0.25, -0.2) is 0 Å². The Morgan fingerprint density at radius 2 is 2.12 bits per heavy atom. The average Bonchev–Trinajstić information content (AvgIpc) is 2.82. The molecule has 0 radical (unpaired) electrons. The molecule has 0 atom stereocenters. The molecule has 4 heteroatoms. The Morgan fingerprint density at radius 3 is 2.76 bits per heavy atom. The third kappa shape index (κ3) is 3.78. The van der Waals surface area contributed by atoms with Crippen LogP contribution >= 0.6 is 15.9 Å². The molecular formula is C13H19BrN2O. The van der Waals surface area contributed by atoms with Crippen LogP contribution in [0.25, 0.3) is 0 Å². The van der Waals surface area contributed by atoms with Gasteiger partial charge in [-0.1, -0.05) is 28.1 Å². The van der Waals surface area contributed by atoms with E-state index >= 15 is 0 Å². The van der Waals surface area contributed by atoms with Crippen LogP contribution in [0.1, 0.15) is 24.0 Å². The molecule has 0 unspecified atom stereocenters. The Kier molecular flexibility index (Phi) is 4.98. The van der Waals surface area contributed by atoms with Gasteiger partial charge in [0.05, 0.1) is 7.11 Å². The molecule has 1 fully saturated rings. The summed E-state index contributed by atoms with van der Waals surface area (Å²) < 4.78 is 1.19. The molecule has 1 heterocycles. The Hall–Kier alpha value is -0.420. The number of nitrogens with one attached hydrogen (secondary N) is 1. The van der Waals surface area contributed by atoms with Crippen molar-refractivity contribution in [3.8, 4) is 0 Å². The zero-order valence-corrected chi connectivity index (χ0v) is 11.8. The number of halogens is 1. The molecule has 2 rings (SSSR count). The lowest BCUT2D eigenvalue weighted by Crippen LogP contribution is -2.18. The summed E-state index contributed by atoms with van der Waals surface area (Å²) in [6.07, 6.45) is 2.68. The van der Waals surface area contributed by atoms with Crippen molar-refractivity contribution in [1.82, 2.24) is 10.4 Å². The number of benzene rings is 1. The third-order valence-corrected chi connectivity index (χ3v) is 3.87. The van der Waals surface area contributed by atoms with Crippen molar-refractivity contribution in [2.24, 2.45) is 0 Å². The van der Waals surface area contributed by atoms with Gasteiger partial charge in [0.1, 0.15) is 0 Å². The molecule has 0 aliphatic carbocycles. The summed E-state index contributed by atoms with van der Waals surface area (Å²) in [4.78, 5) is 7.36. The van der Waals surface area contributed by atoms with Gasteiger partial charge in [0.2, 0.25) is 0 Å². The molecule has 1 saturated heterocycles. The van der Waals surface area contributed by atoms with Gasteiger partial charge < -0.3 is 4.84 Å². The van der Waals surface area contributed by atoms with Crippen LogP contribution in [0, 0.1) is 0 Å². The summed E-state index contributed by atoms with van der Waals surface area (Å²) in [5.74, 6) is 0. The first-order valence-corrected chi connectivity index (χ1v) is 6.84. The molecule has 0 aromatic heterocycles. The van der Waals surface area contributed by atoms with Crippen LogP contribution in [0.15, 0.2) is 22.7 Å². The summed E-state index contributed by atoms with van der Waals surface area (Å²) in [5, 5.41) is 0. The Morgan fingerprint density at radius 1 is 1.35 bits per heavy atom. The SMILES string of the molecule is CONCc1ccc(CN2CCCC2)c(Br)c1. The maximum atomic E-state index is 4.85. The summed E-state index contributed by atoms with van der Waals surface area (Å²) in [6, 6.07) is 6.52. The standard InChI is InChI=1S/C13H19BrN2O/c1-17-15-9-11-4-5-12(13(14)8-11)10-16-6-2-3-7-16/h4-5,8,15H,2-3,6-7,9-10H2,1H3. The van der Waals surface area contributed by atoms with Crippen LogP contribution in [-0.4, -0.2) is 25.1 Å². The fraction of sp³-hybridized carbons (Fsp3) is 0.538. The number of nitrogens with zero attached hydrogens (tertiary/aromatic N) is 1. The summed E-state index contributed by atoms with van der Waals surface area (Å²) >= 11 is 3.65. The first-order valence-electron chi connectivity index (χ1n) is 6.05. The molecular weight excluding hydrogens is 280 g/mol. The average molecular weight is 299 g/mol. The quantitative estimate of drug-likeness (QED) is 0.846. The van der Waals surface area contributed by atoms with E-state index in [9.17, 15) is 0 Å². The second-order valence-electron chi connectivity index (χ2n) is 4.43. The van der Waals surface area contributed by atoms with Crippen LogP contribution in [-0.2, 0) is 17.9 Å². The van der Waals surface area contributed by atoms with Gasteiger partial charge in [-0.3, -0.25) is 4.90 Å². The molecule has 1 N–H and O–H groups in total. The van der Waals surface area contributed by atoms with Gasteiger partial charge in [-0.2, -0.15) is 5.48 Å². The van der Waals surface area contributed by atoms with E-state index in [4.69, 9.17) is 4.84 Å². The molecule has 0 amide bonds. The highest BCUT2D eigenvalue weighted by Crippen LogP contribution is 2.22. The predicted octanol–water partition coefficient (Wildman–Crippen LogP) is 2.70. The highest BCUT2D eigenvalue weighted by molar-refractivity contribution is 9.10. The predicted molar refractivity (Wildman–Crippen MR) is 72.5 cm³/mol. The Balaban J connectivity index is 1.98. The number of hydroxylamine groups is 1. The Bertz CT molecular complexity index is 364. The van der Waals surface area contributed by atoms with Crippen LogP contribution in [0.4, 0.5) is 0 Å². The molecule has 1 aliphatic rings. The minimum absolute atomic E-state index is 0.735. The second kappa shape index (κ2) is 6.50. The minimum atomic E-state index is 0.735. The molecule has 1 aliphatic heterocycles. The monoisotopic (exact) mass is 298 g/mol. The number of hydrogen-bond acceptors (Lipinski definition) is 3. The number of hydrogen-bond donors (Lipinski definition) is 1. The van der Waals surface area contributed by atoms with Crippen LogP contribution < -0.4 is 5.48 Å². The van der Waals surface area contributed by atoms with E-state index in [2.05, 4.69) is 44.5 Å². The van der Waals surface area contributed by atoms with E-state index in [0.29, 0.717) is 0 Å². The van der Waals surface area contributed by atoms with Crippen LogP contribution in [0.5, 0.6) is 0 Å². The summed E-state index contributed by atoms with van der Waals surface area (Å²) in [7, 11) is 1.64. The summed E-state index contributed by atoms with van der Waals surface area (Å²) in [5.41, 5.74) is 5.45. The lowest BCUT2D eigenvalue weighted by Gasteiger charge is -2.16. The maximum absolute atomic E-state index is 4.85. The van der Waals surface area contributed by atoms with E-state index in [-0.39, 0.29) is 0 Å². The molecule has 1 aromatic rings. The lowest BCUT2D eigenvalue weighted by molar-refractivity contribution is 0.0867. The van der Waals surface area contributed by atoms with Gasteiger partial charge in [-0.15, -0.1) is 0 Å². The zero-order chi connectivity index (χ0) is 12.1. The first kappa shape index (κ1) is 13.0. The van der Waals surface area contributed by atoms with Crippen molar-refractivity contribution in [2.75, 3.05) is 20.2 Å². The first-order chi connectivity index (χ1) is 8.29. The van der Waals surface area contributed by atoms with Gasteiger partial charge in [-0.05, 0) is 43.1 Å². The number of likely N-dealkylation sites (tertiary alicyclic amines) is 1. The zero-order valence-electron chi connectivity index (χ0n) is 10.2. The van der Waals surface area contributed by atoms with Crippen molar-refractivity contribution in [3.05, 3.63) is 33.8 Å². The van der Waals surface area contributed by atoms with E-state index in [0.717, 1.165) is 13.1 Å². The minimum Gasteiger partial charge on any atom is -0.305 e. The number of rotatable bonds is 5. The van der Waals surface area contributed by atoms with Crippen LogP contribution in [0.3, 0.4) is 0 Å². The second-order valence-corrected chi connectivity index (χ2v) is 5.29. The molecule has 0 spiro atoms.